The highest BCUT2D eigenvalue weighted by molar-refractivity contribution is 7.80. The monoisotopic (exact) mass is 387 g/mol. The molecule has 3 N–H and O–H groups in total. The second kappa shape index (κ2) is 8.64. The van der Waals surface area contributed by atoms with E-state index in [9.17, 15) is 4.79 Å². The number of hydrogen-bond acceptors (Lipinski definition) is 3. The molecule has 6 heteroatoms. The number of benzene rings is 1. The number of thiophene rings is 1. The molecule has 1 aromatic carbocycles. The van der Waals surface area contributed by atoms with Crippen LogP contribution < -0.4 is 16.2 Å². The summed E-state index contributed by atoms with van der Waals surface area (Å²) < 4.78 is 0. The molecule has 26 heavy (non-hydrogen) atoms. The van der Waals surface area contributed by atoms with Crippen molar-refractivity contribution < 1.29 is 4.79 Å². The van der Waals surface area contributed by atoms with Gasteiger partial charge in [-0.25, -0.2) is 0 Å². The maximum atomic E-state index is 12.4. The molecule has 1 amide bonds. The first-order valence-electron chi connectivity index (χ1n) is 9.16. The minimum absolute atomic E-state index is 0.136. The highest BCUT2D eigenvalue weighted by Gasteiger charge is 2.22. The van der Waals surface area contributed by atoms with Gasteiger partial charge < -0.3 is 5.32 Å². The smallest absolute Gasteiger partial charge is 0.279 e. The summed E-state index contributed by atoms with van der Waals surface area (Å²) in [7, 11) is 0. The highest BCUT2D eigenvalue weighted by Crippen LogP contribution is 2.33. The Bertz CT molecular complexity index is 783. The van der Waals surface area contributed by atoms with E-state index in [-0.39, 0.29) is 5.91 Å². The molecular formula is C20H25N3OS2. The second-order valence-electron chi connectivity index (χ2n) is 6.66. The minimum atomic E-state index is -0.136. The van der Waals surface area contributed by atoms with Gasteiger partial charge in [0, 0.05) is 10.6 Å². The van der Waals surface area contributed by atoms with Crippen molar-refractivity contribution in [3.63, 3.8) is 0 Å². The fourth-order valence-corrected chi connectivity index (χ4v) is 4.49. The lowest BCUT2D eigenvalue weighted by Crippen LogP contribution is -2.43. The molecule has 0 saturated heterocycles. The Balaban J connectivity index is 1.52. The summed E-state index contributed by atoms with van der Waals surface area (Å²) >= 11 is 6.85. The molecule has 0 saturated carbocycles. The van der Waals surface area contributed by atoms with Crippen LogP contribution in [-0.2, 0) is 19.3 Å². The maximum absolute atomic E-state index is 12.4. The van der Waals surface area contributed by atoms with Crippen molar-refractivity contribution in [2.45, 2.75) is 46.0 Å². The lowest BCUT2D eigenvalue weighted by molar-refractivity contribution is 0.0948. The number of hydrogen-bond donors (Lipinski definition) is 3. The van der Waals surface area contributed by atoms with E-state index in [2.05, 4.69) is 42.1 Å². The van der Waals surface area contributed by atoms with Gasteiger partial charge >= 0.3 is 0 Å². The molecule has 4 nitrogen and oxygen atoms in total. The first-order chi connectivity index (χ1) is 12.6. The standard InChI is InChI=1S/C20H25N3OS2/c1-3-13-5-8-16(9-6-13)21-20(25)23-22-19(24)18-12-15-11-14(4-2)7-10-17(15)26-18/h5-6,8-9,12,14H,3-4,7,10-11H2,1-2H3,(H,22,24)(H2,21,23,25)/t14-/m0/s1. The molecule has 1 aliphatic carbocycles. The van der Waals surface area contributed by atoms with E-state index in [0.717, 1.165) is 35.7 Å². The van der Waals surface area contributed by atoms with Crippen LogP contribution in [0, 0.1) is 5.92 Å². The van der Waals surface area contributed by atoms with Gasteiger partial charge in [-0.3, -0.25) is 15.6 Å². The van der Waals surface area contributed by atoms with Crippen LogP contribution in [0.25, 0.3) is 0 Å². The normalized spacial score (nSPS) is 15.8. The number of anilines is 1. The Hall–Kier alpha value is -1.92. The van der Waals surface area contributed by atoms with Crippen LogP contribution in [-0.4, -0.2) is 11.0 Å². The summed E-state index contributed by atoms with van der Waals surface area (Å²) in [5.41, 5.74) is 8.99. The van der Waals surface area contributed by atoms with E-state index >= 15 is 0 Å². The molecule has 3 rings (SSSR count). The van der Waals surface area contributed by atoms with Crippen LogP contribution in [0.4, 0.5) is 5.69 Å². The predicted octanol–water partition coefficient (Wildman–Crippen LogP) is 4.46. The Morgan fingerprint density at radius 3 is 2.69 bits per heavy atom. The Labute approximate surface area is 164 Å². The van der Waals surface area contributed by atoms with Gasteiger partial charge in [-0.15, -0.1) is 11.3 Å². The Morgan fingerprint density at radius 1 is 1.23 bits per heavy atom. The molecule has 1 heterocycles. The zero-order chi connectivity index (χ0) is 18.5. The van der Waals surface area contributed by atoms with Crippen molar-refractivity contribution in [3.8, 4) is 0 Å². The molecule has 0 radical (unpaired) electrons. The fraction of sp³-hybridized carbons (Fsp3) is 0.400. The summed E-state index contributed by atoms with van der Waals surface area (Å²) in [5, 5.41) is 3.44. The fourth-order valence-electron chi connectivity index (χ4n) is 3.22. The molecule has 0 spiro atoms. The first-order valence-corrected chi connectivity index (χ1v) is 10.4. The number of amides is 1. The zero-order valence-electron chi connectivity index (χ0n) is 15.2. The number of thiocarbonyl (C=S) groups is 1. The molecule has 1 atom stereocenters. The molecule has 0 aliphatic heterocycles. The van der Waals surface area contributed by atoms with Gasteiger partial charge in [0.1, 0.15) is 0 Å². The van der Waals surface area contributed by atoms with Crippen molar-refractivity contribution in [2.75, 3.05) is 5.32 Å². The number of hydrazine groups is 1. The molecule has 0 unspecified atom stereocenters. The summed E-state index contributed by atoms with van der Waals surface area (Å²) in [6, 6.07) is 10.1. The number of aryl methyl sites for hydroxylation is 2. The van der Waals surface area contributed by atoms with E-state index in [1.54, 1.807) is 11.3 Å². The highest BCUT2D eigenvalue weighted by atomic mass is 32.1. The SMILES string of the molecule is CCc1ccc(NC(=S)NNC(=O)c2cc3c(s2)CC[C@H](CC)C3)cc1. The molecular weight excluding hydrogens is 362 g/mol. The van der Waals surface area contributed by atoms with Gasteiger partial charge in [0.05, 0.1) is 4.88 Å². The average Bonchev–Trinajstić information content (AvgIpc) is 3.10. The maximum Gasteiger partial charge on any atom is 0.279 e. The summed E-state index contributed by atoms with van der Waals surface area (Å²) in [4.78, 5) is 14.5. The number of carbonyl (C=O) groups excluding carboxylic acids is 1. The van der Waals surface area contributed by atoms with Crippen LogP contribution in [0.1, 0.15) is 52.4 Å². The van der Waals surface area contributed by atoms with Gasteiger partial charge in [-0.1, -0.05) is 32.4 Å². The third-order valence-corrected chi connectivity index (χ3v) is 6.34. The first kappa shape index (κ1) is 18.9. The molecule has 138 valence electrons. The molecule has 2 aromatic rings. The molecule has 1 aliphatic rings. The molecule has 1 aromatic heterocycles. The minimum Gasteiger partial charge on any atom is -0.331 e. The van der Waals surface area contributed by atoms with Crippen molar-refractivity contribution in [1.82, 2.24) is 10.9 Å². The summed E-state index contributed by atoms with van der Waals surface area (Å²) in [5.74, 6) is 0.616. The number of nitrogens with one attached hydrogen (secondary N) is 3. The van der Waals surface area contributed by atoms with Gasteiger partial charge in [0.15, 0.2) is 5.11 Å². The van der Waals surface area contributed by atoms with Gasteiger partial charge in [0.25, 0.3) is 5.91 Å². The van der Waals surface area contributed by atoms with Crippen molar-refractivity contribution in [1.29, 1.82) is 0 Å². The van der Waals surface area contributed by atoms with Crippen molar-refractivity contribution >= 4 is 40.3 Å². The zero-order valence-corrected chi connectivity index (χ0v) is 16.9. The quantitative estimate of drug-likeness (QED) is 0.536. The van der Waals surface area contributed by atoms with E-state index in [1.807, 2.05) is 18.2 Å². The predicted molar refractivity (Wildman–Crippen MR) is 113 cm³/mol. The van der Waals surface area contributed by atoms with E-state index in [1.165, 1.54) is 28.8 Å². The largest absolute Gasteiger partial charge is 0.331 e. The van der Waals surface area contributed by atoms with Gasteiger partial charge in [0.2, 0.25) is 0 Å². The Morgan fingerprint density at radius 2 is 2.00 bits per heavy atom. The third kappa shape index (κ3) is 4.62. The second-order valence-corrected chi connectivity index (χ2v) is 8.20. The van der Waals surface area contributed by atoms with Gasteiger partial charge in [-0.2, -0.15) is 0 Å². The lowest BCUT2D eigenvalue weighted by Gasteiger charge is -2.19. The molecule has 0 fully saturated rings. The number of rotatable bonds is 4. The summed E-state index contributed by atoms with van der Waals surface area (Å²) in [6.07, 6.45) is 5.62. The number of fused-ring (bicyclic) bond motifs is 1. The van der Waals surface area contributed by atoms with E-state index < -0.39 is 0 Å². The summed E-state index contributed by atoms with van der Waals surface area (Å²) in [6.45, 7) is 4.36. The van der Waals surface area contributed by atoms with Crippen molar-refractivity contribution in [3.05, 3.63) is 51.2 Å². The van der Waals surface area contributed by atoms with Crippen LogP contribution in [0.3, 0.4) is 0 Å². The van der Waals surface area contributed by atoms with Crippen LogP contribution >= 0.6 is 23.6 Å². The third-order valence-electron chi connectivity index (χ3n) is 4.90. The van der Waals surface area contributed by atoms with Crippen LogP contribution in [0.15, 0.2) is 30.3 Å². The van der Waals surface area contributed by atoms with Gasteiger partial charge in [-0.05, 0) is 73.1 Å². The molecule has 0 bridgehead atoms. The van der Waals surface area contributed by atoms with Crippen molar-refractivity contribution in [2.24, 2.45) is 5.92 Å². The van der Waals surface area contributed by atoms with E-state index in [4.69, 9.17) is 12.2 Å². The van der Waals surface area contributed by atoms with Crippen LogP contribution in [0.2, 0.25) is 0 Å². The topological polar surface area (TPSA) is 53.2 Å². The van der Waals surface area contributed by atoms with E-state index in [0.29, 0.717) is 5.11 Å². The lowest BCUT2D eigenvalue weighted by atomic mass is 9.87. The Kier molecular flexibility index (Phi) is 6.27. The van der Waals surface area contributed by atoms with Crippen LogP contribution in [0.5, 0.6) is 0 Å². The average molecular weight is 388 g/mol. The number of carbonyl (C=O) groups is 1.